The van der Waals surface area contributed by atoms with E-state index >= 15 is 0 Å². The zero-order chi connectivity index (χ0) is 15.6. The molecule has 21 heavy (non-hydrogen) atoms. The highest BCUT2D eigenvalue weighted by Crippen LogP contribution is 2.36. The van der Waals surface area contributed by atoms with Crippen molar-refractivity contribution in [2.75, 3.05) is 31.6 Å². The van der Waals surface area contributed by atoms with Gasteiger partial charge in [-0.1, -0.05) is 22.0 Å². The molecular formula is C15H20BrF3N2. The summed E-state index contributed by atoms with van der Waals surface area (Å²) in [6.07, 6.45) is -3.35. The van der Waals surface area contributed by atoms with Crippen LogP contribution in [0.25, 0.3) is 0 Å². The third kappa shape index (κ3) is 3.92. The maximum absolute atomic E-state index is 13.2. The number of likely N-dealkylation sites (N-methyl/N-ethyl adjacent to an activating group) is 1. The van der Waals surface area contributed by atoms with Crippen LogP contribution in [0.3, 0.4) is 0 Å². The summed E-state index contributed by atoms with van der Waals surface area (Å²) in [6, 6.07) is 4.87. The van der Waals surface area contributed by atoms with E-state index in [4.69, 9.17) is 0 Å². The Morgan fingerprint density at radius 1 is 1.29 bits per heavy atom. The molecule has 0 aliphatic carbocycles. The van der Waals surface area contributed by atoms with Crippen LogP contribution < -0.4 is 4.90 Å². The monoisotopic (exact) mass is 364 g/mol. The molecule has 2 rings (SSSR count). The molecule has 1 atom stereocenters. The van der Waals surface area contributed by atoms with Gasteiger partial charge in [-0.25, -0.2) is 0 Å². The Morgan fingerprint density at radius 2 is 2.00 bits per heavy atom. The molecule has 1 saturated heterocycles. The molecule has 1 fully saturated rings. The Hall–Kier alpha value is -0.750. The summed E-state index contributed by atoms with van der Waals surface area (Å²) < 4.78 is 39.5. The second-order valence-electron chi connectivity index (χ2n) is 5.63. The van der Waals surface area contributed by atoms with Gasteiger partial charge in [-0.2, -0.15) is 13.2 Å². The zero-order valence-electron chi connectivity index (χ0n) is 12.3. The van der Waals surface area contributed by atoms with Crippen LogP contribution in [-0.2, 0) is 11.5 Å². The van der Waals surface area contributed by atoms with E-state index in [1.54, 1.807) is 12.1 Å². The molecule has 1 heterocycles. The van der Waals surface area contributed by atoms with E-state index in [-0.39, 0.29) is 16.9 Å². The average Bonchev–Trinajstić information content (AvgIpc) is 2.57. The number of halogens is 4. The topological polar surface area (TPSA) is 6.48 Å². The van der Waals surface area contributed by atoms with Crippen molar-refractivity contribution in [2.45, 2.75) is 30.9 Å². The predicted molar refractivity (Wildman–Crippen MR) is 83.0 cm³/mol. The molecule has 1 aliphatic rings. The molecule has 0 bridgehead atoms. The summed E-state index contributed by atoms with van der Waals surface area (Å²) in [5.74, 6) is 0. The van der Waals surface area contributed by atoms with Crippen molar-refractivity contribution < 1.29 is 13.2 Å². The second kappa shape index (κ2) is 6.57. The molecule has 2 nitrogen and oxygen atoms in total. The van der Waals surface area contributed by atoms with Crippen molar-refractivity contribution in [3.8, 4) is 0 Å². The number of rotatable bonds is 2. The van der Waals surface area contributed by atoms with E-state index in [0.29, 0.717) is 5.69 Å². The maximum Gasteiger partial charge on any atom is 0.416 e. The molecule has 6 heteroatoms. The fraction of sp³-hybridized carbons (Fsp3) is 0.600. The van der Waals surface area contributed by atoms with Gasteiger partial charge in [-0.05, 0) is 44.6 Å². The number of alkyl halides is 4. The highest BCUT2D eigenvalue weighted by atomic mass is 79.9. The molecule has 0 N–H and O–H groups in total. The Balaban J connectivity index is 2.35. The largest absolute Gasteiger partial charge is 0.416 e. The molecule has 0 aromatic heterocycles. The summed E-state index contributed by atoms with van der Waals surface area (Å²) >= 11 is 3.13. The van der Waals surface area contributed by atoms with Crippen LogP contribution in [0.2, 0.25) is 0 Å². The number of hydrogen-bond acceptors (Lipinski definition) is 2. The number of nitrogens with zero attached hydrogens (tertiary/aromatic N) is 2. The van der Waals surface area contributed by atoms with Gasteiger partial charge in [0.05, 0.1) is 5.56 Å². The fourth-order valence-corrected chi connectivity index (χ4v) is 3.37. The first-order valence-corrected chi connectivity index (χ1v) is 8.16. The van der Waals surface area contributed by atoms with Crippen molar-refractivity contribution in [3.05, 3.63) is 29.3 Å². The van der Waals surface area contributed by atoms with Gasteiger partial charge < -0.3 is 9.80 Å². The SMILES string of the molecule is CC1CN(C)CCCN1c1ccc(CBr)c(C(F)(F)F)c1. The minimum atomic E-state index is -4.31. The van der Waals surface area contributed by atoms with Gasteiger partial charge in [-0.15, -0.1) is 0 Å². The van der Waals surface area contributed by atoms with Crippen molar-refractivity contribution in [1.82, 2.24) is 4.90 Å². The molecule has 0 radical (unpaired) electrons. The highest BCUT2D eigenvalue weighted by Gasteiger charge is 2.34. The number of hydrogen-bond donors (Lipinski definition) is 0. The lowest BCUT2D eigenvalue weighted by Gasteiger charge is -2.31. The van der Waals surface area contributed by atoms with Crippen molar-refractivity contribution in [1.29, 1.82) is 0 Å². The van der Waals surface area contributed by atoms with Gasteiger partial charge in [0.2, 0.25) is 0 Å². The fourth-order valence-electron chi connectivity index (χ4n) is 2.88. The lowest BCUT2D eigenvalue weighted by molar-refractivity contribution is -0.138. The van der Waals surface area contributed by atoms with E-state index in [1.807, 2.05) is 0 Å². The lowest BCUT2D eigenvalue weighted by atomic mass is 10.1. The Labute approximate surface area is 132 Å². The van der Waals surface area contributed by atoms with Gasteiger partial charge in [0.25, 0.3) is 0 Å². The molecule has 0 saturated carbocycles. The van der Waals surface area contributed by atoms with Crippen LogP contribution in [0, 0.1) is 0 Å². The van der Waals surface area contributed by atoms with E-state index in [9.17, 15) is 13.2 Å². The number of anilines is 1. The standard InChI is InChI=1S/C15H20BrF3N2/c1-11-10-20(2)6-3-7-21(11)13-5-4-12(9-16)14(8-13)15(17,18)19/h4-5,8,11H,3,6-7,9-10H2,1-2H3. The first-order valence-electron chi connectivity index (χ1n) is 7.04. The molecule has 0 amide bonds. The van der Waals surface area contributed by atoms with Gasteiger partial charge in [0, 0.05) is 30.1 Å². The van der Waals surface area contributed by atoms with Crippen LogP contribution in [0.15, 0.2) is 18.2 Å². The van der Waals surface area contributed by atoms with Gasteiger partial charge in [-0.3, -0.25) is 0 Å². The smallest absolute Gasteiger partial charge is 0.367 e. The summed E-state index contributed by atoms with van der Waals surface area (Å²) in [7, 11) is 2.05. The quantitative estimate of drug-likeness (QED) is 0.728. The molecule has 1 aromatic rings. The van der Waals surface area contributed by atoms with Crippen LogP contribution >= 0.6 is 15.9 Å². The maximum atomic E-state index is 13.2. The minimum Gasteiger partial charge on any atom is -0.367 e. The minimum absolute atomic E-state index is 0.202. The van der Waals surface area contributed by atoms with Gasteiger partial charge in [0.15, 0.2) is 0 Å². The van der Waals surface area contributed by atoms with Crippen LogP contribution in [0.5, 0.6) is 0 Å². The Bertz CT molecular complexity index is 490. The first-order chi connectivity index (χ1) is 9.82. The Kier molecular flexibility index (Phi) is 5.20. The highest BCUT2D eigenvalue weighted by molar-refractivity contribution is 9.08. The average molecular weight is 365 g/mol. The van der Waals surface area contributed by atoms with Crippen molar-refractivity contribution in [3.63, 3.8) is 0 Å². The van der Waals surface area contributed by atoms with Crippen LogP contribution in [-0.4, -0.2) is 37.6 Å². The van der Waals surface area contributed by atoms with Crippen molar-refractivity contribution in [2.24, 2.45) is 0 Å². The second-order valence-corrected chi connectivity index (χ2v) is 6.19. The summed E-state index contributed by atoms with van der Waals surface area (Å²) in [5.41, 5.74) is 0.405. The van der Waals surface area contributed by atoms with Gasteiger partial charge >= 0.3 is 6.18 Å². The first kappa shape index (κ1) is 16.6. The predicted octanol–water partition coefficient (Wildman–Crippen LogP) is 4.13. The molecule has 118 valence electrons. The van der Waals surface area contributed by atoms with Crippen LogP contribution in [0.1, 0.15) is 24.5 Å². The molecule has 1 aromatic carbocycles. The summed E-state index contributed by atoms with van der Waals surface area (Å²) in [4.78, 5) is 4.30. The van der Waals surface area contributed by atoms with E-state index < -0.39 is 11.7 Å². The third-order valence-corrected chi connectivity index (χ3v) is 4.53. The lowest BCUT2D eigenvalue weighted by Crippen LogP contribution is -2.38. The van der Waals surface area contributed by atoms with Crippen molar-refractivity contribution >= 4 is 21.6 Å². The molecule has 1 aliphatic heterocycles. The van der Waals surface area contributed by atoms with Crippen LogP contribution in [0.4, 0.5) is 18.9 Å². The molecule has 0 spiro atoms. The van der Waals surface area contributed by atoms with E-state index in [0.717, 1.165) is 26.1 Å². The van der Waals surface area contributed by atoms with E-state index in [2.05, 4.69) is 39.7 Å². The number of benzene rings is 1. The summed E-state index contributed by atoms with van der Waals surface area (Å²) in [6.45, 7) is 4.69. The summed E-state index contributed by atoms with van der Waals surface area (Å²) in [5, 5.41) is 0.209. The Morgan fingerprint density at radius 3 is 2.62 bits per heavy atom. The normalized spacial score (nSPS) is 21.4. The molecular weight excluding hydrogens is 345 g/mol. The third-order valence-electron chi connectivity index (χ3n) is 3.92. The van der Waals surface area contributed by atoms with Gasteiger partial charge in [0.1, 0.15) is 0 Å². The van der Waals surface area contributed by atoms with E-state index in [1.165, 1.54) is 6.07 Å². The zero-order valence-corrected chi connectivity index (χ0v) is 13.8. The molecule has 1 unspecified atom stereocenters.